The van der Waals surface area contributed by atoms with Crippen LogP contribution >= 0.6 is 0 Å². The van der Waals surface area contributed by atoms with Crippen molar-refractivity contribution >= 4 is 16.9 Å². The van der Waals surface area contributed by atoms with Crippen LogP contribution in [-0.2, 0) is 7.05 Å². The van der Waals surface area contributed by atoms with E-state index in [0.29, 0.717) is 5.52 Å². The Kier molecular flexibility index (Phi) is 1.79. The number of carbonyl (C=O) groups is 1. The van der Waals surface area contributed by atoms with Crippen molar-refractivity contribution in [2.75, 3.05) is 0 Å². The highest BCUT2D eigenvalue weighted by Gasteiger charge is 2.21. The minimum Gasteiger partial charge on any atom is -0.505 e. The number of rotatable bonds is 1. The molecule has 0 fully saturated rings. The molecule has 15 heavy (non-hydrogen) atoms. The number of pyridine rings is 1. The highest BCUT2D eigenvalue weighted by Crippen LogP contribution is 2.27. The molecule has 0 aliphatic heterocycles. The molecule has 2 rings (SSSR count). The van der Waals surface area contributed by atoms with Gasteiger partial charge in [-0.2, -0.15) is 0 Å². The van der Waals surface area contributed by atoms with Gasteiger partial charge < -0.3 is 19.8 Å². The number of aromatic hydroxyl groups is 1. The summed E-state index contributed by atoms with van der Waals surface area (Å²) in [6.07, 6.45) is 1.40. The van der Waals surface area contributed by atoms with E-state index >= 15 is 0 Å². The minimum absolute atomic E-state index is 0.00241. The number of nitrogens with one attached hydrogen (secondary N) is 1. The Bertz CT molecular complexity index is 608. The summed E-state index contributed by atoms with van der Waals surface area (Å²) in [5.41, 5.74) is -0.413. The summed E-state index contributed by atoms with van der Waals surface area (Å²) in [6.45, 7) is 0. The molecule has 6 nitrogen and oxygen atoms in total. The number of hydrogen-bond acceptors (Lipinski definition) is 3. The van der Waals surface area contributed by atoms with Gasteiger partial charge in [0, 0.05) is 13.2 Å². The van der Waals surface area contributed by atoms with Gasteiger partial charge in [-0.3, -0.25) is 4.79 Å². The highest BCUT2D eigenvalue weighted by atomic mass is 16.4. The van der Waals surface area contributed by atoms with E-state index in [1.54, 1.807) is 0 Å². The van der Waals surface area contributed by atoms with E-state index in [0.717, 1.165) is 0 Å². The average Bonchev–Trinajstić information content (AvgIpc) is 2.40. The van der Waals surface area contributed by atoms with E-state index in [1.165, 1.54) is 23.9 Å². The summed E-state index contributed by atoms with van der Waals surface area (Å²) in [4.78, 5) is 24.6. The molecule has 0 aliphatic rings. The van der Waals surface area contributed by atoms with E-state index in [9.17, 15) is 14.7 Å². The number of carboxylic acids is 1. The number of H-pyrrole nitrogens is 1. The Hall–Kier alpha value is -2.24. The van der Waals surface area contributed by atoms with Crippen molar-refractivity contribution in [3.05, 3.63) is 28.3 Å². The summed E-state index contributed by atoms with van der Waals surface area (Å²) >= 11 is 0. The van der Waals surface area contributed by atoms with E-state index in [4.69, 9.17) is 5.11 Å². The lowest BCUT2D eigenvalue weighted by atomic mass is 10.3. The van der Waals surface area contributed by atoms with Crippen LogP contribution in [0.5, 0.6) is 5.75 Å². The summed E-state index contributed by atoms with van der Waals surface area (Å²) in [5.74, 6) is -1.77. The van der Waals surface area contributed by atoms with E-state index < -0.39 is 17.3 Å². The number of carboxylic acid groups (broad SMARTS) is 1. The molecule has 78 valence electrons. The quantitative estimate of drug-likeness (QED) is 0.626. The summed E-state index contributed by atoms with van der Waals surface area (Å²) in [7, 11) is 1.48. The topological polar surface area (TPSA) is 95.3 Å². The molecule has 0 radical (unpaired) electrons. The fourth-order valence-electron chi connectivity index (χ4n) is 1.62. The van der Waals surface area contributed by atoms with Crippen LogP contribution in [0.1, 0.15) is 10.5 Å². The largest absolute Gasteiger partial charge is 0.505 e. The van der Waals surface area contributed by atoms with Gasteiger partial charge in [-0.05, 0) is 6.07 Å². The Labute approximate surface area is 83.4 Å². The summed E-state index contributed by atoms with van der Waals surface area (Å²) in [6, 6.07) is 1.53. The third kappa shape index (κ3) is 1.11. The first kappa shape index (κ1) is 9.32. The molecule has 2 aromatic heterocycles. The van der Waals surface area contributed by atoms with Gasteiger partial charge in [0.15, 0.2) is 11.4 Å². The molecule has 3 N–H and O–H groups in total. The molecule has 0 bridgehead atoms. The van der Waals surface area contributed by atoms with Gasteiger partial charge in [0.1, 0.15) is 5.39 Å². The Morgan fingerprint density at radius 3 is 2.73 bits per heavy atom. The maximum absolute atomic E-state index is 11.4. The van der Waals surface area contributed by atoms with Crippen molar-refractivity contribution in [2.24, 2.45) is 7.05 Å². The molecule has 2 aromatic rings. The van der Waals surface area contributed by atoms with Gasteiger partial charge in [-0.25, -0.2) is 4.79 Å². The van der Waals surface area contributed by atoms with Crippen LogP contribution in [0.3, 0.4) is 0 Å². The fraction of sp³-hybridized carbons (Fsp3) is 0.111. The molecule has 0 saturated carbocycles. The SMILES string of the molecule is Cn1c(C(=O)O)c(O)c2c(=O)[nH]ccc21. The van der Waals surface area contributed by atoms with Crippen LogP contribution in [0.15, 0.2) is 17.1 Å². The number of aromatic amines is 1. The van der Waals surface area contributed by atoms with E-state index in [-0.39, 0.29) is 11.1 Å². The van der Waals surface area contributed by atoms with Crippen LogP contribution in [-0.4, -0.2) is 25.7 Å². The van der Waals surface area contributed by atoms with Crippen LogP contribution < -0.4 is 5.56 Å². The van der Waals surface area contributed by atoms with Crippen LogP contribution in [0, 0.1) is 0 Å². The zero-order chi connectivity index (χ0) is 11.2. The van der Waals surface area contributed by atoms with Gasteiger partial charge in [0.05, 0.1) is 5.52 Å². The van der Waals surface area contributed by atoms with Gasteiger partial charge in [-0.1, -0.05) is 0 Å². The number of nitrogens with zero attached hydrogens (tertiary/aromatic N) is 1. The maximum atomic E-state index is 11.4. The lowest BCUT2D eigenvalue weighted by Gasteiger charge is -1.97. The first-order valence-electron chi connectivity index (χ1n) is 4.16. The van der Waals surface area contributed by atoms with Crippen LogP contribution in [0.4, 0.5) is 0 Å². The van der Waals surface area contributed by atoms with Crippen LogP contribution in [0.2, 0.25) is 0 Å². The zero-order valence-electron chi connectivity index (χ0n) is 7.81. The molecule has 0 unspecified atom stereocenters. The van der Waals surface area contributed by atoms with Crippen molar-refractivity contribution < 1.29 is 15.0 Å². The molecular formula is C9H8N2O4. The minimum atomic E-state index is -1.27. The standard InChI is InChI=1S/C9H8N2O4/c1-11-4-2-3-10-8(13)5(4)7(12)6(11)9(14)15/h2-3,12H,1H3,(H,10,13)(H,14,15). The second-order valence-electron chi connectivity index (χ2n) is 3.13. The second kappa shape index (κ2) is 2.88. The average molecular weight is 208 g/mol. The lowest BCUT2D eigenvalue weighted by molar-refractivity contribution is 0.0684. The molecule has 0 aliphatic carbocycles. The number of aryl methyl sites for hydroxylation is 1. The summed E-state index contributed by atoms with van der Waals surface area (Å²) in [5, 5.41) is 18.4. The highest BCUT2D eigenvalue weighted by molar-refractivity contribution is 6.00. The van der Waals surface area contributed by atoms with Crippen molar-refractivity contribution in [2.45, 2.75) is 0 Å². The van der Waals surface area contributed by atoms with E-state index in [1.807, 2.05) is 0 Å². The number of fused-ring (bicyclic) bond motifs is 1. The molecule has 6 heteroatoms. The summed E-state index contributed by atoms with van der Waals surface area (Å²) < 4.78 is 1.27. The molecule has 0 amide bonds. The molecule has 2 heterocycles. The van der Waals surface area contributed by atoms with Gasteiger partial charge in [0.25, 0.3) is 5.56 Å². The van der Waals surface area contributed by atoms with Gasteiger partial charge in [0.2, 0.25) is 0 Å². The third-order valence-corrected chi connectivity index (χ3v) is 2.30. The number of hydrogen-bond donors (Lipinski definition) is 3. The first-order chi connectivity index (χ1) is 7.04. The smallest absolute Gasteiger partial charge is 0.356 e. The maximum Gasteiger partial charge on any atom is 0.356 e. The molecule has 0 aromatic carbocycles. The molecular weight excluding hydrogens is 200 g/mol. The van der Waals surface area contributed by atoms with Gasteiger partial charge >= 0.3 is 5.97 Å². The molecule has 0 saturated heterocycles. The Balaban J connectivity index is 3.05. The van der Waals surface area contributed by atoms with Gasteiger partial charge in [-0.15, -0.1) is 0 Å². The van der Waals surface area contributed by atoms with Crippen molar-refractivity contribution in [1.82, 2.24) is 9.55 Å². The monoisotopic (exact) mass is 208 g/mol. The lowest BCUT2D eigenvalue weighted by Crippen LogP contribution is -2.04. The third-order valence-electron chi connectivity index (χ3n) is 2.30. The van der Waals surface area contributed by atoms with E-state index in [2.05, 4.69) is 4.98 Å². The Morgan fingerprint density at radius 2 is 2.20 bits per heavy atom. The van der Waals surface area contributed by atoms with Crippen molar-refractivity contribution in [3.63, 3.8) is 0 Å². The zero-order valence-corrected chi connectivity index (χ0v) is 7.81. The second-order valence-corrected chi connectivity index (χ2v) is 3.13. The normalized spacial score (nSPS) is 10.7. The van der Waals surface area contributed by atoms with Crippen molar-refractivity contribution in [3.8, 4) is 5.75 Å². The molecule has 0 spiro atoms. The Morgan fingerprint density at radius 1 is 1.53 bits per heavy atom. The van der Waals surface area contributed by atoms with Crippen LogP contribution in [0.25, 0.3) is 10.9 Å². The fourth-order valence-corrected chi connectivity index (χ4v) is 1.62. The predicted molar refractivity (Wildman–Crippen MR) is 52.2 cm³/mol. The number of aromatic nitrogens is 2. The predicted octanol–water partition coefficient (Wildman–Crippen LogP) is 0.270. The van der Waals surface area contributed by atoms with Crippen molar-refractivity contribution in [1.29, 1.82) is 0 Å². The number of aromatic carboxylic acids is 1. The first-order valence-corrected chi connectivity index (χ1v) is 4.16. The molecule has 0 atom stereocenters.